The molecule has 24 nitrogen and oxygen atoms in total. The lowest BCUT2D eigenvalue weighted by Gasteiger charge is -2.30. The molecule has 71 heavy (non-hydrogen) atoms. The third kappa shape index (κ3) is 24.8. The summed E-state index contributed by atoms with van der Waals surface area (Å²) in [5.74, 6) is 0.0780. The zero-order valence-electron chi connectivity index (χ0n) is 41.3. The molecule has 1 aliphatic heterocycles. The highest BCUT2D eigenvalue weighted by atomic mass is 32.2. The number of phosphoric ester groups is 3. The third-order valence-electron chi connectivity index (χ3n) is 11.9. The predicted octanol–water partition coefficient (Wildman–Crippen LogP) is 5.93. The molecule has 2 aromatic heterocycles. The van der Waals surface area contributed by atoms with Gasteiger partial charge in [0.1, 0.15) is 36.3 Å². The van der Waals surface area contributed by atoms with Crippen molar-refractivity contribution >= 4 is 64.0 Å². The van der Waals surface area contributed by atoms with Gasteiger partial charge in [-0.25, -0.2) is 28.6 Å². The Labute approximate surface area is 421 Å². The van der Waals surface area contributed by atoms with Gasteiger partial charge < -0.3 is 56.0 Å². The Morgan fingerprint density at radius 3 is 1.99 bits per heavy atom. The molecule has 0 bridgehead atoms. The number of hydrogen-bond donors (Lipinski definition) is 10. The number of nitrogen functional groups attached to an aromatic ring is 1. The molecule has 0 aliphatic carbocycles. The minimum absolute atomic E-state index is 0.0362. The largest absolute Gasteiger partial charge is 0.481 e. The van der Waals surface area contributed by atoms with Gasteiger partial charge in [0, 0.05) is 30.7 Å². The minimum atomic E-state index is -5.57. The predicted molar refractivity (Wildman–Crippen MR) is 266 cm³/mol. The number of phosphoric acid groups is 3. The van der Waals surface area contributed by atoms with E-state index < -0.39 is 78.6 Å². The monoisotopic (exact) mass is 1090 g/mol. The van der Waals surface area contributed by atoms with Crippen LogP contribution in [-0.2, 0) is 45.9 Å². The van der Waals surface area contributed by atoms with Crippen LogP contribution in [0, 0.1) is 5.41 Å². The number of anilines is 1. The first-order valence-corrected chi connectivity index (χ1v) is 30.4. The highest BCUT2D eigenvalue weighted by molar-refractivity contribution is 7.99. The van der Waals surface area contributed by atoms with Gasteiger partial charge in [-0.15, -0.1) is 0 Å². The van der Waals surface area contributed by atoms with E-state index in [0.29, 0.717) is 18.7 Å². The first-order chi connectivity index (χ1) is 33.6. The van der Waals surface area contributed by atoms with E-state index in [-0.39, 0.29) is 42.0 Å². The Balaban J connectivity index is 1.24. The molecule has 0 radical (unpaired) electrons. The number of carbonyl (C=O) groups excluding carboxylic acids is 2. The minimum Gasteiger partial charge on any atom is -0.393 e. The van der Waals surface area contributed by atoms with E-state index in [1.165, 1.54) is 110 Å². The summed E-state index contributed by atoms with van der Waals surface area (Å²) in [5, 5.41) is 37.1. The topological polar surface area (TPSA) is 367 Å². The van der Waals surface area contributed by atoms with Crippen LogP contribution in [0.2, 0.25) is 0 Å². The number of nitrogens with one attached hydrogen (secondary N) is 2. The van der Waals surface area contributed by atoms with Crippen molar-refractivity contribution in [1.82, 2.24) is 30.2 Å². The molecular formula is C43H80N7O17P3S. The van der Waals surface area contributed by atoms with Crippen LogP contribution in [0.25, 0.3) is 11.2 Å². The van der Waals surface area contributed by atoms with Crippen LogP contribution >= 0.6 is 35.2 Å². The molecular weight excluding hydrogens is 1010 g/mol. The van der Waals surface area contributed by atoms with Crippen LogP contribution in [0.5, 0.6) is 0 Å². The summed E-state index contributed by atoms with van der Waals surface area (Å²) >= 11 is 1.62. The van der Waals surface area contributed by atoms with E-state index in [4.69, 9.17) is 19.5 Å². The normalized spacial score (nSPS) is 20.1. The first kappa shape index (κ1) is 63.1. The van der Waals surface area contributed by atoms with Gasteiger partial charge in [0.15, 0.2) is 17.7 Å². The molecule has 2 aromatic rings. The summed E-state index contributed by atoms with van der Waals surface area (Å²) in [6.45, 7) is 3.07. The van der Waals surface area contributed by atoms with Gasteiger partial charge in [-0.1, -0.05) is 130 Å². The van der Waals surface area contributed by atoms with Crippen molar-refractivity contribution in [3.05, 3.63) is 12.7 Å². The van der Waals surface area contributed by atoms with Crippen molar-refractivity contribution in [3.8, 4) is 0 Å². The van der Waals surface area contributed by atoms with E-state index in [0.717, 1.165) is 42.2 Å². The Hall–Kier alpha value is -2.15. The van der Waals surface area contributed by atoms with Crippen molar-refractivity contribution in [1.29, 1.82) is 0 Å². The van der Waals surface area contributed by atoms with Gasteiger partial charge in [-0.05, 0) is 18.6 Å². The van der Waals surface area contributed by atoms with Gasteiger partial charge in [0.2, 0.25) is 11.8 Å². The number of aliphatic hydroxyl groups excluding tert-OH is 3. The third-order valence-corrected chi connectivity index (χ3v) is 16.0. The smallest absolute Gasteiger partial charge is 0.393 e. The summed E-state index contributed by atoms with van der Waals surface area (Å²) in [5.41, 5.74) is 4.32. The molecule has 8 atom stereocenters. The number of carbonyl (C=O) groups is 2. The van der Waals surface area contributed by atoms with Gasteiger partial charge in [-0.3, -0.25) is 27.7 Å². The number of rotatable bonds is 40. The van der Waals surface area contributed by atoms with E-state index in [1.54, 1.807) is 11.8 Å². The summed E-state index contributed by atoms with van der Waals surface area (Å²) in [6, 6.07) is 0. The molecule has 28 heteroatoms. The number of ether oxygens (including phenoxy) is 1. The number of aromatic nitrogens is 4. The number of amides is 2. The van der Waals surface area contributed by atoms with Gasteiger partial charge in [0.25, 0.3) is 0 Å². The fraction of sp³-hybridized carbons (Fsp3) is 0.837. The van der Waals surface area contributed by atoms with E-state index in [2.05, 4.69) is 41.3 Å². The number of imidazole rings is 1. The molecule has 410 valence electrons. The quantitative estimate of drug-likeness (QED) is 0.0273. The second-order valence-corrected chi connectivity index (χ2v) is 24.0. The zero-order valence-corrected chi connectivity index (χ0v) is 44.8. The lowest BCUT2D eigenvalue weighted by molar-refractivity contribution is -0.137. The average molecular weight is 1090 g/mol. The van der Waals surface area contributed by atoms with Gasteiger partial charge in [-0.2, -0.15) is 16.1 Å². The van der Waals surface area contributed by atoms with Crippen molar-refractivity contribution < 1.29 is 80.8 Å². The number of nitrogens with zero attached hydrogens (tertiary/aromatic N) is 4. The Kier molecular flexibility index (Phi) is 28.7. The molecule has 0 spiro atoms. The number of hydrogen-bond acceptors (Lipinski definition) is 18. The first-order valence-electron chi connectivity index (χ1n) is 24.7. The molecule has 1 fully saturated rings. The average Bonchev–Trinajstić information content (AvgIpc) is 3.86. The maximum atomic E-state index is 12.8. The van der Waals surface area contributed by atoms with Crippen molar-refractivity contribution in [2.24, 2.45) is 5.41 Å². The summed E-state index contributed by atoms with van der Waals surface area (Å²) in [4.78, 5) is 76.3. The van der Waals surface area contributed by atoms with Crippen molar-refractivity contribution in [2.75, 3.05) is 43.5 Å². The maximum Gasteiger partial charge on any atom is 0.481 e. The van der Waals surface area contributed by atoms with Crippen LogP contribution < -0.4 is 16.4 Å². The van der Waals surface area contributed by atoms with E-state index in [1.807, 2.05) is 0 Å². The molecule has 11 N–H and O–H groups in total. The summed E-state index contributed by atoms with van der Waals surface area (Å²) < 4.78 is 62.5. The Bertz CT molecular complexity index is 2020. The second kappa shape index (κ2) is 32.3. The lowest BCUT2D eigenvalue weighted by atomic mass is 9.87. The fourth-order valence-corrected chi connectivity index (χ4v) is 11.5. The SMILES string of the molecule is CCCCCCCCCCCCCCCCCCC[C@H](O)CCSCCNC(=O)CCNC(=O)C(O)C(C)(C)COP(=O)(O)OP(=O)(O)OC[C@H]1O[C@@H](n2cnc3c(N)ncnc32)[C@H](O)[C@@H]1OP(=O)(O)O. The lowest BCUT2D eigenvalue weighted by Crippen LogP contribution is -2.46. The molecule has 1 aliphatic rings. The number of unbranched alkanes of at least 4 members (excludes halogenated alkanes) is 16. The van der Waals surface area contributed by atoms with Gasteiger partial charge >= 0.3 is 23.5 Å². The molecule has 3 rings (SSSR count). The highest BCUT2D eigenvalue weighted by Crippen LogP contribution is 2.61. The van der Waals surface area contributed by atoms with Crippen LogP contribution in [-0.4, -0.2) is 135 Å². The fourth-order valence-electron chi connectivity index (χ4n) is 7.77. The van der Waals surface area contributed by atoms with Crippen LogP contribution in [0.1, 0.15) is 155 Å². The Morgan fingerprint density at radius 2 is 1.39 bits per heavy atom. The van der Waals surface area contributed by atoms with Crippen molar-refractivity contribution in [3.63, 3.8) is 0 Å². The number of nitrogens with two attached hydrogens (primary N) is 1. The molecule has 3 unspecified atom stereocenters. The molecule has 2 amide bonds. The maximum absolute atomic E-state index is 12.8. The molecule has 0 saturated carbocycles. The summed E-state index contributed by atoms with van der Waals surface area (Å²) in [7, 11) is -16.4. The second-order valence-electron chi connectivity index (χ2n) is 18.6. The highest BCUT2D eigenvalue weighted by Gasteiger charge is 2.50. The summed E-state index contributed by atoms with van der Waals surface area (Å²) in [6.07, 6.45) is 16.7. The Morgan fingerprint density at radius 1 is 0.817 bits per heavy atom. The van der Waals surface area contributed by atoms with Crippen LogP contribution in [0.3, 0.4) is 0 Å². The zero-order chi connectivity index (χ0) is 52.5. The van der Waals surface area contributed by atoms with Crippen molar-refractivity contribution in [2.45, 2.75) is 186 Å². The van der Waals surface area contributed by atoms with Crippen LogP contribution in [0.15, 0.2) is 12.7 Å². The number of aliphatic hydroxyl groups is 3. The number of thioether (sulfide) groups is 1. The molecule has 0 aromatic carbocycles. The van der Waals surface area contributed by atoms with E-state index in [9.17, 15) is 58.2 Å². The van der Waals surface area contributed by atoms with E-state index >= 15 is 0 Å². The standard InChI is InChI=1S/C43H80N7O17P3S/c1-4-5-6-7-8-9-10-11-12-13-14-15-16-17-18-19-20-21-32(51)23-26-71-27-25-45-34(52)22-24-46-41(55)38(54)43(2,3)29-64-70(61,62)67-69(59,60)63-28-33-37(66-68(56,57)58)36(53)42(65-33)50-31-49-35-39(44)47-30-48-40(35)50/h30-33,36-38,42,51,53-54H,4-29H2,1-3H3,(H,45,52)(H,46,55)(H,59,60)(H,61,62)(H2,44,47,48)(H2,56,57,58)/t32-,33+,36+,37+,38?,42+/m0/s1. The molecule has 1 saturated heterocycles. The van der Waals surface area contributed by atoms with Crippen LogP contribution in [0.4, 0.5) is 5.82 Å². The van der Waals surface area contributed by atoms with Gasteiger partial charge in [0.05, 0.1) is 25.6 Å². The molecule has 3 heterocycles. The number of fused-ring (bicyclic) bond motifs is 1.